The molecule has 0 aliphatic rings. The van der Waals surface area contributed by atoms with Crippen molar-refractivity contribution in [2.24, 2.45) is 0 Å². The van der Waals surface area contributed by atoms with Gasteiger partial charge in [-0.2, -0.15) is 0 Å². The highest BCUT2D eigenvalue weighted by Crippen LogP contribution is 2.22. The second kappa shape index (κ2) is 8.40. The Balaban J connectivity index is 1.87. The number of hydrogen-bond donors (Lipinski definition) is 1. The van der Waals surface area contributed by atoms with Crippen LogP contribution in [-0.2, 0) is 22.5 Å². The number of nitrogens with zero attached hydrogens (tertiary/aromatic N) is 1. The normalized spacial score (nSPS) is 11.0. The molecule has 0 spiro atoms. The molecular weight excluding hydrogens is 352 g/mol. The number of carbonyl (C=O) groups is 1. The van der Waals surface area contributed by atoms with Gasteiger partial charge in [-0.05, 0) is 55.7 Å². The lowest BCUT2D eigenvalue weighted by Gasteiger charge is -2.13. The number of aromatic nitrogens is 1. The van der Waals surface area contributed by atoms with Crippen LogP contribution in [0, 0.1) is 20.8 Å². The molecule has 0 saturated heterocycles. The van der Waals surface area contributed by atoms with Crippen LogP contribution in [0.4, 0.5) is 5.69 Å². The molecule has 0 atom stereocenters. The zero-order valence-electron chi connectivity index (χ0n) is 16.8. The molecule has 0 saturated carbocycles. The topological polar surface area (TPSA) is 60.3 Å². The zero-order chi connectivity index (χ0) is 20.3. The molecule has 146 valence electrons. The van der Waals surface area contributed by atoms with E-state index >= 15 is 0 Å². The van der Waals surface area contributed by atoms with Crippen LogP contribution in [0.3, 0.4) is 0 Å². The fourth-order valence-electron chi connectivity index (χ4n) is 3.64. The summed E-state index contributed by atoms with van der Waals surface area (Å²) in [5, 5.41) is 4.31. The first kappa shape index (κ1) is 19.8. The van der Waals surface area contributed by atoms with Gasteiger partial charge in [-0.25, -0.2) is 0 Å². The van der Waals surface area contributed by atoms with Gasteiger partial charge in [0.2, 0.25) is 5.91 Å². The van der Waals surface area contributed by atoms with Crippen molar-refractivity contribution < 1.29 is 9.53 Å². The second-order valence-corrected chi connectivity index (χ2v) is 7.18. The molecule has 3 rings (SSSR count). The maximum absolute atomic E-state index is 12.7. The number of rotatable bonds is 6. The van der Waals surface area contributed by atoms with Gasteiger partial charge >= 0.3 is 0 Å². The van der Waals surface area contributed by atoms with E-state index in [-0.39, 0.29) is 11.5 Å². The van der Waals surface area contributed by atoms with Gasteiger partial charge in [0.25, 0.3) is 5.56 Å². The summed E-state index contributed by atoms with van der Waals surface area (Å²) in [6, 6.07) is 11.5. The standard InChI is InChI=1S/C23H26N2O3/c1-15-12-16(2)20(17(3)13-15)14-22(26)24-21-7-5-6-19-18(21)8-9-25(23(19)27)10-11-28-4/h5-9,12-13H,10-11,14H2,1-4H3,(H,24,26). The van der Waals surface area contributed by atoms with Gasteiger partial charge in [-0.1, -0.05) is 23.8 Å². The van der Waals surface area contributed by atoms with Crippen LogP contribution in [0.1, 0.15) is 22.3 Å². The lowest BCUT2D eigenvalue weighted by molar-refractivity contribution is -0.115. The molecule has 1 aromatic heterocycles. The number of benzene rings is 2. The number of carbonyl (C=O) groups excluding carboxylic acids is 1. The largest absolute Gasteiger partial charge is 0.383 e. The average molecular weight is 378 g/mol. The smallest absolute Gasteiger partial charge is 0.258 e. The minimum Gasteiger partial charge on any atom is -0.383 e. The lowest BCUT2D eigenvalue weighted by atomic mass is 9.97. The SMILES string of the molecule is COCCn1ccc2c(NC(=O)Cc3c(C)cc(C)cc3C)cccc2c1=O. The molecule has 3 aromatic rings. The summed E-state index contributed by atoms with van der Waals surface area (Å²) in [6.45, 7) is 7.08. The van der Waals surface area contributed by atoms with Gasteiger partial charge in [-0.3, -0.25) is 9.59 Å². The maximum Gasteiger partial charge on any atom is 0.258 e. The summed E-state index contributed by atoms with van der Waals surface area (Å²) in [6.07, 6.45) is 2.05. The van der Waals surface area contributed by atoms with E-state index in [1.165, 1.54) is 5.56 Å². The van der Waals surface area contributed by atoms with E-state index < -0.39 is 0 Å². The number of fused-ring (bicyclic) bond motifs is 1. The van der Waals surface area contributed by atoms with Gasteiger partial charge < -0.3 is 14.6 Å². The first-order valence-electron chi connectivity index (χ1n) is 9.38. The van der Waals surface area contributed by atoms with Crippen LogP contribution in [-0.4, -0.2) is 24.2 Å². The zero-order valence-corrected chi connectivity index (χ0v) is 16.8. The molecule has 5 nitrogen and oxygen atoms in total. The summed E-state index contributed by atoms with van der Waals surface area (Å²) in [5.74, 6) is -0.0916. The summed E-state index contributed by atoms with van der Waals surface area (Å²) in [4.78, 5) is 25.4. The van der Waals surface area contributed by atoms with Crippen molar-refractivity contribution in [3.05, 3.63) is 75.2 Å². The highest BCUT2D eigenvalue weighted by molar-refractivity contribution is 6.02. The van der Waals surface area contributed by atoms with Crippen LogP contribution in [0.5, 0.6) is 0 Å². The number of aryl methyl sites for hydroxylation is 3. The minimum absolute atomic E-state index is 0.0872. The number of hydrogen-bond acceptors (Lipinski definition) is 3. The molecule has 5 heteroatoms. The van der Waals surface area contributed by atoms with Crippen LogP contribution in [0.15, 0.2) is 47.4 Å². The van der Waals surface area contributed by atoms with Gasteiger partial charge in [0.15, 0.2) is 0 Å². The third-order valence-corrected chi connectivity index (χ3v) is 5.01. The summed E-state index contributed by atoms with van der Waals surface area (Å²) < 4.78 is 6.68. The quantitative estimate of drug-likeness (QED) is 0.711. The molecular formula is C23H26N2O3. The summed E-state index contributed by atoms with van der Waals surface area (Å²) in [7, 11) is 1.61. The van der Waals surface area contributed by atoms with Crippen molar-refractivity contribution in [3.8, 4) is 0 Å². The average Bonchev–Trinajstić information content (AvgIpc) is 2.64. The molecule has 0 fully saturated rings. The number of pyridine rings is 1. The Morgan fingerprint density at radius 2 is 1.79 bits per heavy atom. The molecule has 0 bridgehead atoms. The highest BCUT2D eigenvalue weighted by atomic mass is 16.5. The van der Waals surface area contributed by atoms with Gasteiger partial charge in [0.1, 0.15) is 0 Å². The molecule has 0 unspecified atom stereocenters. The molecule has 2 aromatic carbocycles. The molecule has 28 heavy (non-hydrogen) atoms. The molecule has 0 radical (unpaired) electrons. The third-order valence-electron chi connectivity index (χ3n) is 5.01. The lowest BCUT2D eigenvalue weighted by Crippen LogP contribution is -2.22. The summed E-state index contributed by atoms with van der Waals surface area (Å²) in [5.41, 5.74) is 5.04. The van der Waals surface area contributed by atoms with Gasteiger partial charge in [-0.15, -0.1) is 0 Å². The van der Waals surface area contributed by atoms with E-state index in [4.69, 9.17) is 4.74 Å². The van der Waals surface area contributed by atoms with Crippen molar-refractivity contribution in [3.63, 3.8) is 0 Å². The first-order chi connectivity index (χ1) is 13.4. The van der Waals surface area contributed by atoms with Crippen LogP contribution in [0.2, 0.25) is 0 Å². The number of methoxy groups -OCH3 is 1. The third kappa shape index (κ3) is 4.15. The van der Waals surface area contributed by atoms with Crippen LogP contribution >= 0.6 is 0 Å². The Labute approximate surface area is 165 Å². The Bertz CT molecular complexity index is 1060. The van der Waals surface area contributed by atoms with Gasteiger partial charge in [0.05, 0.1) is 13.0 Å². The monoisotopic (exact) mass is 378 g/mol. The fraction of sp³-hybridized carbons (Fsp3) is 0.304. The molecule has 0 aliphatic carbocycles. The van der Waals surface area contributed by atoms with E-state index in [1.807, 2.05) is 26.0 Å². The molecule has 1 N–H and O–H groups in total. The van der Waals surface area contributed by atoms with E-state index in [0.29, 0.717) is 30.6 Å². The predicted octanol–water partition coefficient (Wildman–Crippen LogP) is 3.75. The Morgan fingerprint density at radius 3 is 2.46 bits per heavy atom. The number of ether oxygens (including phenoxy) is 1. The van der Waals surface area contributed by atoms with Crippen molar-refractivity contribution in [2.75, 3.05) is 19.0 Å². The van der Waals surface area contributed by atoms with Crippen molar-refractivity contribution in [1.29, 1.82) is 0 Å². The predicted molar refractivity (Wildman–Crippen MR) is 113 cm³/mol. The molecule has 1 heterocycles. The van der Waals surface area contributed by atoms with Crippen molar-refractivity contribution >= 4 is 22.4 Å². The summed E-state index contributed by atoms with van der Waals surface area (Å²) >= 11 is 0. The van der Waals surface area contributed by atoms with Crippen LogP contribution < -0.4 is 10.9 Å². The van der Waals surface area contributed by atoms with Crippen molar-refractivity contribution in [2.45, 2.75) is 33.7 Å². The number of anilines is 1. The number of amides is 1. The van der Waals surface area contributed by atoms with Gasteiger partial charge in [0, 0.05) is 36.3 Å². The van der Waals surface area contributed by atoms with E-state index in [2.05, 4.69) is 24.4 Å². The Hall–Kier alpha value is -2.92. The Kier molecular flexibility index (Phi) is 5.95. The van der Waals surface area contributed by atoms with E-state index in [1.54, 1.807) is 30.0 Å². The molecule has 0 aliphatic heterocycles. The molecule has 1 amide bonds. The fourth-order valence-corrected chi connectivity index (χ4v) is 3.64. The first-order valence-corrected chi connectivity index (χ1v) is 9.38. The van der Waals surface area contributed by atoms with E-state index in [9.17, 15) is 9.59 Å². The minimum atomic E-state index is -0.0916. The Morgan fingerprint density at radius 1 is 1.07 bits per heavy atom. The maximum atomic E-state index is 12.7. The van der Waals surface area contributed by atoms with Crippen molar-refractivity contribution in [1.82, 2.24) is 4.57 Å². The second-order valence-electron chi connectivity index (χ2n) is 7.18. The van der Waals surface area contributed by atoms with Crippen LogP contribution in [0.25, 0.3) is 10.8 Å². The highest BCUT2D eigenvalue weighted by Gasteiger charge is 2.12. The van der Waals surface area contributed by atoms with E-state index in [0.717, 1.165) is 22.1 Å². The number of nitrogens with one attached hydrogen (secondary N) is 1.